The van der Waals surface area contributed by atoms with Crippen LogP contribution >= 0.6 is 0 Å². The molecule has 0 aliphatic heterocycles. The van der Waals surface area contributed by atoms with Gasteiger partial charge in [0.05, 0.1) is 11.4 Å². The predicted molar refractivity (Wildman–Crippen MR) is 104 cm³/mol. The van der Waals surface area contributed by atoms with Crippen LogP contribution in [0.15, 0.2) is 59.2 Å². The molecule has 2 heterocycles. The van der Waals surface area contributed by atoms with E-state index in [9.17, 15) is 13.6 Å². The zero-order valence-electron chi connectivity index (χ0n) is 16.0. The summed E-state index contributed by atoms with van der Waals surface area (Å²) < 4.78 is 33.0. The van der Waals surface area contributed by atoms with Gasteiger partial charge < -0.3 is 9.73 Å². The van der Waals surface area contributed by atoms with Gasteiger partial charge >= 0.3 is 0 Å². The van der Waals surface area contributed by atoms with E-state index >= 15 is 0 Å². The number of carbonyl (C=O) groups excluding carboxylic acids is 1. The highest BCUT2D eigenvalue weighted by molar-refractivity contribution is 5.90. The van der Waals surface area contributed by atoms with Crippen LogP contribution in [0, 0.1) is 18.6 Å². The fourth-order valence-corrected chi connectivity index (χ4v) is 2.84. The van der Waals surface area contributed by atoms with Gasteiger partial charge in [-0.15, -0.1) is 5.10 Å². The maximum atomic E-state index is 13.1. The summed E-state index contributed by atoms with van der Waals surface area (Å²) in [5.74, 6) is -0.215. The number of aryl methyl sites for hydroxylation is 1. The number of carbonyl (C=O) groups is 1. The molecule has 0 bridgehead atoms. The average Bonchev–Trinajstić information content (AvgIpc) is 3.36. The summed E-state index contributed by atoms with van der Waals surface area (Å²) in [6, 6.07) is 11.6. The first-order valence-electron chi connectivity index (χ1n) is 9.18. The summed E-state index contributed by atoms with van der Waals surface area (Å²) in [5.41, 5.74) is 1.92. The molecule has 0 fully saturated rings. The largest absolute Gasteiger partial charge is 0.444 e. The summed E-state index contributed by atoms with van der Waals surface area (Å²) in [4.78, 5) is 20.9. The van der Waals surface area contributed by atoms with Gasteiger partial charge in [-0.2, -0.15) is 0 Å². The Kier molecular flexibility index (Phi) is 5.34. The molecular formula is C21H17F2N5O2. The van der Waals surface area contributed by atoms with E-state index in [0.717, 1.165) is 0 Å². The fourth-order valence-electron chi connectivity index (χ4n) is 2.84. The molecule has 1 amide bonds. The number of nitrogens with zero attached hydrogens (tertiary/aromatic N) is 4. The topological polar surface area (TPSA) is 85.8 Å². The van der Waals surface area contributed by atoms with E-state index in [1.807, 2.05) is 0 Å². The first-order valence-corrected chi connectivity index (χ1v) is 9.18. The van der Waals surface area contributed by atoms with Gasteiger partial charge in [0.25, 0.3) is 5.91 Å². The molecule has 0 radical (unpaired) electrons. The number of halogens is 2. The molecule has 0 spiro atoms. The molecule has 1 N–H and O–H groups in total. The first kappa shape index (κ1) is 19.4. The Bertz CT molecular complexity index is 1170. The van der Waals surface area contributed by atoms with Crippen molar-refractivity contribution in [1.29, 1.82) is 0 Å². The van der Waals surface area contributed by atoms with Crippen molar-refractivity contribution >= 4 is 5.91 Å². The highest BCUT2D eigenvalue weighted by atomic mass is 19.1. The van der Waals surface area contributed by atoms with E-state index in [1.165, 1.54) is 35.2 Å². The van der Waals surface area contributed by atoms with Crippen molar-refractivity contribution in [3.8, 4) is 17.1 Å². The maximum Gasteiger partial charge on any atom is 0.290 e. The van der Waals surface area contributed by atoms with Crippen molar-refractivity contribution < 1.29 is 18.0 Å². The van der Waals surface area contributed by atoms with Gasteiger partial charge in [0.15, 0.2) is 0 Å². The fraction of sp³-hybridized carbons (Fsp3) is 0.143. The van der Waals surface area contributed by atoms with E-state index in [2.05, 4.69) is 20.4 Å². The zero-order valence-corrected chi connectivity index (χ0v) is 16.0. The molecule has 2 aromatic carbocycles. The number of rotatable bonds is 6. The normalized spacial score (nSPS) is 10.9. The average molecular weight is 409 g/mol. The molecule has 0 unspecified atom stereocenters. The van der Waals surface area contributed by atoms with Crippen LogP contribution in [0.4, 0.5) is 8.78 Å². The van der Waals surface area contributed by atoms with Crippen molar-refractivity contribution in [2.45, 2.75) is 13.3 Å². The number of hydrogen-bond acceptors (Lipinski definition) is 5. The predicted octanol–water partition coefficient (Wildman–Crippen LogP) is 3.48. The van der Waals surface area contributed by atoms with Gasteiger partial charge in [0, 0.05) is 18.5 Å². The van der Waals surface area contributed by atoms with Crippen molar-refractivity contribution in [2.24, 2.45) is 0 Å². The molecule has 30 heavy (non-hydrogen) atoms. The van der Waals surface area contributed by atoms with E-state index < -0.39 is 5.91 Å². The lowest BCUT2D eigenvalue weighted by molar-refractivity contribution is 0.0943. The van der Waals surface area contributed by atoms with Crippen LogP contribution in [0.2, 0.25) is 0 Å². The molecule has 0 saturated heterocycles. The molecule has 0 atom stereocenters. The second kappa shape index (κ2) is 8.24. The molecule has 9 heteroatoms. The first-order chi connectivity index (χ1) is 14.5. The van der Waals surface area contributed by atoms with Crippen LogP contribution in [0.3, 0.4) is 0 Å². The highest BCUT2D eigenvalue weighted by Crippen LogP contribution is 2.19. The molecular weight excluding hydrogens is 392 g/mol. The number of aromatic nitrogens is 4. The molecule has 152 valence electrons. The minimum Gasteiger partial charge on any atom is -0.444 e. The maximum absolute atomic E-state index is 13.1. The molecule has 2 aromatic heterocycles. The molecule has 4 aromatic rings. The third-order valence-corrected chi connectivity index (χ3v) is 4.35. The Balaban J connectivity index is 1.36. The molecule has 0 aliphatic rings. The number of hydrogen-bond donors (Lipinski definition) is 1. The summed E-state index contributed by atoms with van der Waals surface area (Å²) in [5, 5.41) is 6.93. The summed E-state index contributed by atoms with van der Waals surface area (Å²) in [6.45, 7) is 2.01. The molecule has 0 saturated carbocycles. The standard InChI is InChI=1S/C21H17F2N5O2/c1-13-25-19(27-28(13)18-8-6-16(23)7-9-18)20(29)24-11-10-17-12-30-21(26-17)14-2-4-15(22)5-3-14/h2-9,12H,10-11H2,1H3,(H,24,29). The van der Waals surface area contributed by atoms with Crippen molar-refractivity contribution in [3.63, 3.8) is 0 Å². The number of nitrogens with one attached hydrogen (secondary N) is 1. The van der Waals surface area contributed by atoms with Gasteiger partial charge in [-0.05, 0) is 55.5 Å². The van der Waals surface area contributed by atoms with E-state index in [1.54, 1.807) is 31.2 Å². The Morgan fingerprint density at radius 3 is 2.40 bits per heavy atom. The minimum absolute atomic E-state index is 0.0176. The summed E-state index contributed by atoms with van der Waals surface area (Å²) >= 11 is 0. The monoisotopic (exact) mass is 409 g/mol. The SMILES string of the molecule is Cc1nc(C(=O)NCCc2coc(-c3ccc(F)cc3)n2)nn1-c1ccc(F)cc1. The van der Waals surface area contributed by atoms with Gasteiger partial charge in [-0.1, -0.05) is 0 Å². The van der Waals surface area contributed by atoms with Crippen molar-refractivity contribution in [2.75, 3.05) is 6.54 Å². The number of amides is 1. The molecule has 0 aliphatic carbocycles. The number of benzene rings is 2. The van der Waals surface area contributed by atoms with Crippen LogP contribution in [-0.2, 0) is 6.42 Å². The van der Waals surface area contributed by atoms with Crippen LogP contribution in [0.25, 0.3) is 17.1 Å². The Hall–Kier alpha value is -3.88. The Labute approximate surface area is 170 Å². The van der Waals surface area contributed by atoms with Crippen LogP contribution in [0.5, 0.6) is 0 Å². The summed E-state index contributed by atoms with van der Waals surface area (Å²) in [7, 11) is 0. The van der Waals surface area contributed by atoms with Gasteiger partial charge in [0.1, 0.15) is 23.7 Å². The van der Waals surface area contributed by atoms with Crippen LogP contribution in [-0.4, -0.2) is 32.2 Å². The van der Waals surface area contributed by atoms with E-state index in [0.29, 0.717) is 41.6 Å². The third kappa shape index (κ3) is 4.24. The van der Waals surface area contributed by atoms with Crippen molar-refractivity contribution in [1.82, 2.24) is 25.1 Å². The quantitative estimate of drug-likeness (QED) is 0.527. The Morgan fingerprint density at radius 2 is 1.70 bits per heavy atom. The van der Waals surface area contributed by atoms with E-state index in [4.69, 9.17) is 4.42 Å². The second-order valence-electron chi connectivity index (χ2n) is 6.53. The highest BCUT2D eigenvalue weighted by Gasteiger charge is 2.15. The number of oxazole rings is 1. The molecule has 4 rings (SSSR count). The van der Waals surface area contributed by atoms with Gasteiger partial charge in [-0.3, -0.25) is 4.79 Å². The lowest BCUT2D eigenvalue weighted by Gasteiger charge is -2.02. The third-order valence-electron chi connectivity index (χ3n) is 4.35. The Morgan fingerprint density at radius 1 is 1.03 bits per heavy atom. The van der Waals surface area contributed by atoms with Crippen molar-refractivity contribution in [3.05, 3.63) is 83.8 Å². The minimum atomic E-state index is -0.429. The smallest absolute Gasteiger partial charge is 0.290 e. The second-order valence-corrected chi connectivity index (χ2v) is 6.53. The van der Waals surface area contributed by atoms with E-state index in [-0.39, 0.29) is 17.5 Å². The van der Waals surface area contributed by atoms with Gasteiger partial charge in [0.2, 0.25) is 11.7 Å². The van der Waals surface area contributed by atoms with Gasteiger partial charge in [-0.25, -0.2) is 23.4 Å². The lowest BCUT2D eigenvalue weighted by Crippen LogP contribution is -2.27. The zero-order chi connectivity index (χ0) is 21.1. The molecule has 7 nitrogen and oxygen atoms in total. The lowest BCUT2D eigenvalue weighted by atomic mass is 10.2. The van der Waals surface area contributed by atoms with Crippen LogP contribution in [0.1, 0.15) is 22.1 Å². The van der Waals surface area contributed by atoms with Crippen LogP contribution < -0.4 is 5.32 Å². The summed E-state index contributed by atoms with van der Waals surface area (Å²) in [6.07, 6.45) is 1.94.